The van der Waals surface area contributed by atoms with Crippen molar-refractivity contribution in [2.75, 3.05) is 0 Å². The van der Waals surface area contributed by atoms with E-state index in [4.69, 9.17) is 27.3 Å². The molecule has 0 spiro atoms. The number of hydrogen-bond donors (Lipinski definition) is 2. The lowest BCUT2D eigenvalue weighted by Gasteiger charge is -2.06. The number of amidine groups is 1. The fourth-order valence-electron chi connectivity index (χ4n) is 1.38. The van der Waals surface area contributed by atoms with Crippen LogP contribution in [0.1, 0.15) is 5.56 Å². The molecule has 2 aromatic rings. The lowest BCUT2D eigenvalue weighted by Crippen LogP contribution is -2.12. The van der Waals surface area contributed by atoms with E-state index in [1.54, 1.807) is 42.3 Å². The smallest absolute Gasteiger partial charge is 0.170 e. The average Bonchev–Trinajstić information content (AvgIpc) is 2.76. The van der Waals surface area contributed by atoms with Gasteiger partial charge in [-0.1, -0.05) is 16.8 Å². The van der Waals surface area contributed by atoms with Crippen LogP contribution < -0.4 is 10.5 Å². The summed E-state index contributed by atoms with van der Waals surface area (Å²) in [6.45, 7) is 0. The predicted molar refractivity (Wildman–Crippen MR) is 67.2 cm³/mol. The van der Waals surface area contributed by atoms with Crippen LogP contribution in [-0.4, -0.2) is 20.8 Å². The van der Waals surface area contributed by atoms with E-state index in [1.165, 1.54) is 0 Å². The number of nitrogens with zero attached hydrogens (tertiary/aromatic N) is 3. The minimum atomic E-state index is -0.00942. The molecule has 0 atom stereocenters. The summed E-state index contributed by atoms with van der Waals surface area (Å²) in [7, 11) is 1.79. The zero-order chi connectivity index (χ0) is 13.1. The van der Waals surface area contributed by atoms with Crippen molar-refractivity contribution in [2.45, 2.75) is 0 Å². The lowest BCUT2D eigenvalue weighted by molar-refractivity contribution is 0.318. The quantitative estimate of drug-likeness (QED) is 0.385. The third kappa shape index (κ3) is 2.54. The average molecular weight is 267 g/mol. The first-order valence-electron chi connectivity index (χ1n) is 5.04. The Hall–Kier alpha value is -2.21. The zero-order valence-corrected chi connectivity index (χ0v) is 10.3. The van der Waals surface area contributed by atoms with Crippen LogP contribution >= 0.6 is 11.6 Å². The Morgan fingerprint density at radius 2 is 2.33 bits per heavy atom. The number of hydrogen-bond acceptors (Lipinski definition) is 4. The van der Waals surface area contributed by atoms with Gasteiger partial charge in [-0.15, -0.1) is 0 Å². The van der Waals surface area contributed by atoms with Gasteiger partial charge in [-0.2, -0.15) is 5.10 Å². The van der Waals surface area contributed by atoms with Crippen molar-refractivity contribution in [2.24, 2.45) is 17.9 Å². The Labute approximate surface area is 108 Å². The van der Waals surface area contributed by atoms with Gasteiger partial charge in [0.25, 0.3) is 0 Å². The molecule has 94 valence electrons. The van der Waals surface area contributed by atoms with Crippen molar-refractivity contribution in [3.63, 3.8) is 0 Å². The molecular weight excluding hydrogens is 256 g/mol. The topological polar surface area (TPSA) is 85.7 Å². The van der Waals surface area contributed by atoms with E-state index >= 15 is 0 Å². The van der Waals surface area contributed by atoms with Crippen LogP contribution in [0, 0.1) is 0 Å². The Bertz CT molecular complexity index is 594. The summed E-state index contributed by atoms with van der Waals surface area (Å²) in [5.41, 5.74) is 5.97. The SMILES string of the molecule is Cn1cc(Oc2ccc(/C(N)=N/O)cc2Cl)cn1. The summed E-state index contributed by atoms with van der Waals surface area (Å²) in [4.78, 5) is 0. The molecule has 1 aromatic carbocycles. The molecule has 0 saturated carbocycles. The summed E-state index contributed by atoms with van der Waals surface area (Å²) in [5.74, 6) is 1.04. The first-order chi connectivity index (χ1) is 8.60. The van der Waals surface area contributed by atoms with E-state index in [-0.39, 0.29) is 5.84 Å². The van der Waals surface area contributed by atoms with Gasteiger partial charge in [-0.3, -0.25) is 4.68 Å². The summed E-state index contributed by atoms with van der Waals surface area (Å²) in [6.07, 6.45) is 3.29. The second-order valence-corrected chi connectivity index (χ2v) is 3.99. The van der Waals surface area contributed by atoms with Gasteiger partial charge in [0.2, 0.25) is 0 Å². The van der Waals surface area contributed by atoms with E-state index < -0.39 is 0 Å². The van der Waals surface area contributed by atoms with Crippen LogP contribution in [0.5, 0.6) is 11.5 Å². The molecule has 0 amide bonds. The fraction of sp³-hybridized carbons (Fsp3) is 0.0909. The van der Waals surface area contributed by atoms with Crippen molar-refractivity contribution in [3.8, 4) is 11.5 Å². The zero-order valence-electron chi connectivity index (χ0n) is 9.54. The normalized spacial score (nSPS) is 11.6. The van der Waals surface area contributed by atoms with Crippen LogP contribution in [0.25, 0.3) is 0 Å². The first-order valence-corrected chi connectivity index (χ1v) is 5.42. The van der Waals surface area contributed by atoms with Crippen molar-refractivity contribution in [1.29, 1.82) is 0 Å². The number of ether oxygens (including phenoxy) is 1. The molecule has 0 aliphatic rings. The summed E-state index contributed by atoms with van der Waals surface area (Å²) in [5, 5.41) is 15.8. The Morgan fingerprint density at radius 3 is 2.89 bits per heavy atom. The first kappa shape index (κ1) is 12.3. The summed E-state index contributed by atoms with van der Waals surface area (Å²) >= 11 is 6.04. The molecule has 7 heteroatoms. The van der Waals surface area contributed by atoms with Gasteiger partial charge in [0.1, 0.15) is 5.75 Å². The van der Waals surface area contributed by atoms with Gasteiger partial charge in [0.15, 0.2) is 11.6 Å². The lowest BCUT2D eigenvalue weighted by atomic mass is 10.2. The van der Waals surface area contributed by atoms with E-state index in [0.29, 0.717) is 22.1 Å². The largest absolute Gasteiger partial charge is 0.452 e. The predicted octanol–water partition coefficient (Wildman–Crippen LogP) is 1.96. The molecule has 0 unspecified atom stereocenters. The molecule has 0 fully saturated rings. The molecular formula is C11H11ClN4O2. The molecule has 1 heterocycles. The number of nitrogens with two attached hydrogens (primary N) is 1. The van der Waals surface area contributed by atoms with Crippen LogP contribution in [0.3, 0.4) is 0 Å². The molecule has 3 N–H and O–H groups in total. The minimum absolute atomic E-state index is 0.00942. The summed E-state index contributed by atoms with van der Waals surface area (Å²) in [6, 6.07) is 4.84. The maximum atomic E-state index is 8.56. The highest BCUT2D eigenvalue weighted by atomic mass is 35.5. The third-order valence-electron chi connectivity index (χ3n) is 2.24. The van der Waals surface area contributed by atoms with Crippen LogP contribution in [0.15, 0.2) is 35.7 Å². The molecule has 0 bridgehead atoms. The van der Waals surface area contributed by atoms with E-state index in [0.717, 1.165) is 0 Å². The monoisotopic (exact) mass is 266 g/mol. The highest BCUT2D eigenvalue weighted by Crippen LogP contribution is 2.29. The van der Waals surface area contributed by atoms with Crippen molar-refractivity contribution in [3.05, 3.63) is 41.2 Å². The number of halogens is 1. The standard InChI is InChI=1S/C11H11ClN4O2/c1-16-6-8(5-14-16)18-10-3-2-7(4-9(10)12)11(13)15-17/h2-6,17H,1H3,(H2,13,15). The molecule has 2 rings (SSSR count). The maximum Gasteiger partial charge on any atom is 0.170 e. The second kappa shape index (κ2) is 4.97. The summed E-state index contributed by atoms with van der Waals surface area (Å²) < 4.78 is 7.16. The van der Waals surface area contributed by atoms with Crippen molar-refractivity contribution < 1.29 is 9.94 Å². The van der Waals surface area contributed by atoms with Crippen LogP contribution in [0.2, 0.25) is 5.02 Å². The highest BCUT2D eigenvalue weighted by Gasteiger charge is 2.07. The Kier molecular flexibility index (Phi) is 3.38. The number of benzene rings is 1. The second-order valence-electron chi connectivity index (χ2n) is 3.58. The third-order valence-corrected chi connectivity index (χ3v) is 2.54. The van der Waals surface area contributed by atoms with Gasteiger partial charge < -0.3 is 15.7 Å². The number of rotatable bonds is 3. The van der Waals surface area contributed by atoms with E-state index in [9.17, 15) is 0 Å². The van der Waals surface area contributed by atoms with E-state index in [1.807, 2.05) is 0 Å². The Balaban J connectivity index is 2.25. The number of oxime groups is 1. The fourth-order valence-corrected chi connectivity index (χ4v) is 1.60. The molecule has 6 nitrogen and oxygen atoms in total. The van der Waals surface area contributed by atoms with E-state index in [2.05, 4.69) is 10.3 Å². The molecule has 0 saturated heterocycles. The molecule has 1 aromatic heterocycles. The minimum Gasteiger partial charge on any atom is -0.452 e. The van der Waals surface area contributed by atoms with Crippen molar-refractivity contribution in [1.82, 2.24) is 9.78 Å². The number of aromatic nitrogens is 2. The van der Waals surface area contributed by atoms with Crippen molar-refractivity contribution >= 4 is 17.4 Å². The van der Waals surface area contributed by atoms with Crippen LogP contribution in [-0.2, 0) is 7.05 Å². The number of aryl methyl sites for hydroxylation is 1. The van der Waals surface area contributed by atoms with Gasteiger partial charge >= 0.3 is 0 Å². The maximum absolute atomic E-state index is 8.56. The van der Waals surface area contributed by atoms with Gasteiger partial charge in [-0.05, 0) is 18.2 Å². The van der Waals surface area contributed by atoms with Gasteiger partial charge in [-0.25, -0.2) is 0 Å². The molecule has 0 aliphatic heterocycles. The van der Waals surface area contributed by atoms with Gasteiger partial charge in [0.05, 0.1) is 17.4 Å². The van der Waals surface area contributed by atoms with Crippen LogP contribution in [0.4, 0.5) is 0 Å². The molecule has 18 heavy (non-hydrogen) atoms. The molecule has 0 aliphatic carbocycles. The van der Waals surface area contributed by atoms with Gasteiger partial charge in [0, 0.05) is 12.6 Å². The Morgan fingerprint density at radius 1 is 1.56 bits per heavy atom. The highest BCUT2D eigenvalue weighted by molar-refractivity contribution is 6.32. The molecule has 0 radical (unpaired) electrons.